The minimum absolute atomic E-state index is 0. The average Bonchev–Trinajstić information content (AvgIpc) is 1.63. The minimum atomic E-state index is -1.53. The van der Waals surface area contributed by atoms with Crippen LogP contribution in [-0.4, -0.2) is 11.9 Å². The molecule has 0 heterocycles. The molecule has 11 heavy (non-hydrogen) atoms. The number of carboxylic acids is 2. The first-order chi connectivity index (χ1) is 4.04. The fourth-order valence-corrected chi connectivity index (χ4v) is 0.236. The largest absolute Gasteiger partial charge is 1.00 e. The van der Waals surface area contributed by atoms with Crippen LogP contribution in [0.1, 0.15) is 6.92 Å². The van der Waals surface area contributed by atoms with Gasteiger partial charge >= 0.3 is 116 Å². The van der Waals surface area contributed by atoms with Gasteiger partial charge in [-0.3, -0.25) is 0 Å². The van der Waals surface area contributed by atoms with Crippen molar-refractivity contribution in [1.82, 2.24) is 0 Å². The van der Waals surface area contributed by atoms with Gasteiger partial charge in [0.05, 0.1) is 11.9 Å². The number of aliphatic carboxylic acids is 2. The van der Waals surface area contributed by atoms with Gasteiger partial charge in [-0.1, -0.05) is 0 Å². The van der Waals surface area contributed by atoms with Crippen LogP contribution in [0.2, 0.25) is 0 Å². The molecule has 0 atom stereocenters. The molecule has 0 aromatic heterocycles. The average molecular weight is 299 g/mol. The first-order valence-corrected chi connectivity index (χ1v) is 2.14. The van der Waals surface area contributed by atoms with Gasteiger partial charge in [0.1, 0.15) is 0 Å². The van der Waals surface area contributed by atoms with Crippen molar-refractivity contribution in [1.29, 1.82) is 0 Å². The van der Waals surface area contributed by atoms with Gasteiger partial charge < -0.3 is 19.8 Å². The summed E-state index contributed by atoms with van der Waals surface area (Å²) in [6.07, 6.45) is 0.468. The standard InChI is InChI=1S/C5H6O4.2Rb/c1-3(5(8)9)2-4(6)7;;/h2H,1H3,(H,6,7)(H,8,9);;/q;2*+1/p-2/b3-2-;;. The van der Waals surface area contributed by atoms with Crippen LogP contribution in [0.25, 0.3) is 0 Å². The van der Waals surface area contributed by atoms with Gasteiger partial charge in [0, 0.05) is 0 Å². The fourth-order valence-electron chi connectivity index (χ4n) is 0.236. The Morgan fingerprint density at radius 1 is 1.18 bits per heavy atom. The third-order valence-electron chi connectivity index (χ3n) is 0.656. The number of carbonyl (C=O) groups excluding carboxylic acids is 2. The molecule has 0 bridgehead atoms. The number of hydrogen-bond acceptors (Lipinski definition) is 4. The van der Waals surface area contributed by atoms with E-state index < -0.39 is 11.9 Å². The molecule has 0 amide bonds. The van der Waals surface area contributed by atoms with E-state index >= 15 is 0 Å². The van der Waals surface area contributed by atoms with Crippen molar-refractivity contribution in [2.45, 2.75) is 6.92 Å². The second-order valence-electron chi connectivity index (χ2n) is 1.43. The van der Waals surface area contributed by atoms with Crippen molar-refractivity contribution in [3.05, 3.63) is 11.6 Å². The molecular weight excluding hydrogens is 295 g/mol. The van der Waals surface area contributed by atoms with E-state index in [9.17, 15) is 19.8 Å². The first kappa shape index (κ1) is 19.0. The summed E-state index contributed by atoms with van der Waals surface area (Å²) in [6, 6.07) is 0. The van der Waals surface area contributed by atoms with Gasteiger partial charge in [0.2, 0.25) is 0 Å². The van der Waals surface area contributed by atoms with Gasteiger partial charge in [-0.2, -0.15) is 0 Å². The molecule has 0 aliphatic carbocycles. The Morgan fingerprint density at radius 3 is 1.64 bits per heavy atom. The summed E-state index contributed by atoms with van der Waals surface area (Å²) < 4.78 is 0. The van der Waals surface area contributed by atoms with Crippen LogP contribution >= 0.6 is 0 Å². The molecule has 0 radical (unpaired) electrons. The summed E-state index contributed by atoms with van der Waals surface area (Å²) in [7, 11) is 0. The van der Waals surface area contributed by atoms with Crippen molar-refractivity contribution in [2.75, 3.05) is 0 Å². The number of hydrogen-bond donors (Lipinski definition) is 0. The van der Waals surface area contributed by atoms with Crippen LogP contribution in [0.3, 0.4) is 0 Å². The third kappa shape index (κ3) is 12.3. The summed E-state index contributed by atoms with van der Waals surface area (Å²) in [5, 5.41) is 19.4. The van der Waals surface area contributed by atoms with Crippen molar-refractivity contribution < 1.29 is 136 Å². The second-order valence-corrected chi connectivity index (χ2v) is 1.43. The third-order valence-corrected chi connectivity index (χ3v) is 0.656. The van der Waals surface area contributed by atoms with Crippen LogP contribution < -0.4 is 127 Å². The summed E-state index contributed by atoms with van der Waals surface area (Å²) in [5.74, 6) is -3.03. The zero-order chi connectivity index (χ0) is 7.44. The van der Waals surface area contributed by atoms with Gasteiger partial charge in [-0.15, -0.1) is 0 Å². The molecule has 0 N–H and O–H groups in total. The van der Waals surface area contributed by atoms with Gasteiger partial charge in [0.25, 0.3) is 0 Å². The Hall–Kier alpha value is 2.29. The van der Waals surface area contributed by atoms with Crippen molar-refractivity contribution in [3.63, 3.8) is 0 Å². The van der Waals surface area contributed by atoms with E-state index in [4.69, 9.17) is 0 Å². The van der Waals surface area contributed by atoms with Crippen LogP contribution in [0.4, 0.5) is 0 Å². The SMILES string of the molecule is C/C(=C/C(=O)[O-])C(=O)[O-].[Rb+].[Rb+]. The van der Waals surface area contributed by atoms with Crippen LogP contribution in [-0.2, 0) is 9.59 Å². The quantitative estimate of drug-likeness (QED) is 0.474. The Kier molecular flexibility index (Phi) is 17.9. The van der Waals surface area contributed by atoms with Crippen molar-refractivity contribution >= 4 is 11.9 Å². The molecule has 0 aliphatic rings. The van der Waals surface area contributed by atoms with Gasteiger partial charge in [-0.25, -0.2) is 0 Å². The molecule has 4 nitrogen and oxygen atoms in total. The summed E-state index contributed by atoms with van der Waals surface area (Å²) >= 11 is 0. The molecule has 50 valence electrons. The Labute approximate surface area is 162 Å². The molecule has 0 spiro atoms. The number of carboxylic acid groups (broad SMARTS) is 2. The maximum Gasteiger partial charge on any atom is 1.00 e. The topological polar surface area (TPSA) is 80.3 Å². The Morgan fingerprint density at radius 2 is 1.55 bits per heavy atom. The van der Waals surface area contributed by atoms with Crippen molar-refractivity contribution in [3.8, 4) is 0 Å². The van der Waals surface area contributed by atoms with E-state index in [2.05, 4.69) is 0 Å². The molecule has 0 saturated heterocycles. The van der Waals surface area contributed by atoms with E-state index in [1.807, 2.05) is 0 Å². The predicted molar refractivity (Wildman–Crippen MR) is 23.8 cm³/mol. The minimum Gasteiger partial charge on any atom is -0.545 e. The zero-order valence-electron chi connectivity index (χ0n) is 6.71. The summed E-state index contributed by atoms with van der Waals surface area (Å²) in [6.45, 7) is 1.12. The van der Waals surface area contributed by atoms with Crippen LogP contribution in [0, 0.1) is 0 Å². The van der Waals surface area contributed by atoms with E-state index in [0.717, 1.165) is 6.92 Å². The molecule has 0 saturated carbocycles. The second kappa shape index (κ2) is 10.4. The Balaban J connectivity index is -0.000000320. The summed E-state index contributed by atoms with van der Waals surface area (Å²) in [5.41, 5.74) is -0.352. The molecule has 0 aromatic rings. The maximum atomic E-state index is 9.76. The van der Waals surface area contributed by atoms with E-state index in [1.165, 1.54) is 0 Å². The predicted octanol–water partition coefficient (Wildman–Crippen LogP) is -8.56. The van der Waals surface area contributed by atoms with Crippen LogP contribution in [0.5, 0.6) is 0 Å². The molecule has 0 aliphatic heterocycles. The molecule has 0 unspecified atom stereocenters. The molecule has 0 aromatic carbocycles. The van der Waals surface area contributed by atoms with E-state index in [0.29, 0.717) is 6.08 Å². The maximum absolute atomic E-state index is 9.76. The van der Waals surface area contributed by atoms with E-state index in [1.54, 1.807) is 0 Å². The van der Waals surface area contributed by atoms with Gasteiger partial charge in [0.15, 0.2) is 0 Å². The Bertz CT molecular complexity index is 175. The monoisotopic (exact) mass is 298 g/mol. The van der Waals surface area contributed by atoms with Crippen molar-refractivity contribution in [2.24, 2.45) is 0 Å². The molecule has 6 heteroatoms. The molecule has 0 fully saturated rings. The summed E-state index contributed by atoms with van der Waals surface area (Å²) in [4.78, 5) is 19.4. The normalized spacial score (nSPS) is 9.00. The molecular formula is C5H4O4Rb2. The van der Waals surface area contributed by atoms with Gasteiger partial charge in [-0.05, 0) is 18.6 Å². The molecule has 0 rings (SSSR count). The smallest absolute Gasteiger partial charge is 0.545 e. The fraction of sp³-hybridized carbons (Fsp3) is 0.200. The van der Waals surface area contributed by atoms with E-state index in [-0.39, 0.29) is 122 Å². The number of carbonyl (C=O) groups is 2. The van der Waals surface area contributed by atoms with Crippen LogP contribution in [0.15, 0.2) is 11.6 Å². The zero-order valence-corrected chi connectivity index (χ0v) is 16.5. The first-order valence-electron chi connectivity index (χ1n) is 2.14. The number of rotatable bonds is 2.